The van der Waals surface area contributed by atoms with Gasteiger partial charge in [-0.25, -0.2) is 4.39 Å². The maximum atomic E-state index is 14.2. The quantitative estimate of drug-likeness (QED) is 0.803. The molecule has 114 valence electrons. The molecule has 0 aliphatic carbocycles. The highest BCUT2D eigenvalue weighted by atomic mass is 19.1. The Labute approximate surface area is 122 Å². The highest BCUT2D eigenvalue weighted by Crippen LogP contribution is 2.33. The second-order valence-corrected chi connectivity index (χ2v) is 6.20. The molecule has 1 rings (SSSR count). The number of ether oxygens (including phenoxy) is 1. The predicted molar refractivity (Wildman–Crippen MR) is 82.3 cm³/mol. The van der Waals surface area contributed by atoms with Gasteiger partial charge in [-0.15, -0.1) is 0 Å². The van der Waals surface area contributed by atoms with Crippen LogP contribution < -0.4 is 5.32 Å². The van der Waals surface area contributed by atoms with Crippen LogP contribution in [0.4, 0.5) is 4.39 Å². The summed E-state index contributed by atoms with van der Waals surface area (Å²) in [7, 11) is 0. The lowest BCUT2D eigenvalue weighted by Gasteiger charge is -2.37. The van der Waals surface area contributed by atoms with E-state index in [9.17, 15) is 4.39 Å². The molecule has 1 N–H and O–H groups in total. The van der Waals surface area contributed by atoms with Gasteiger partial charge in [-0.2, -0.15) is 0 Å². The Morgan fingerprint density at radius 2 is 1.85 bits per heavy atom. The number of hydrogen-bond acceptors (Lipinski definition) is 2. The lowest BCUT2D eigenvalue weighted by Crippen LogP contribution is -2.42. The van der Waals surface area contributed by atoms with Crippen molar-refractivity contribution in [1.82, 2.24) is 5.32 Å². The molecule has 0 aliphatic rings. The Balaban J connectivity index is 3.12. The Kier molecular flexibility index (Phi) is 6.63. The van der Waals surface area contributed by atoms with Crippen LogP contribution in [0.5, 0.6) is 0 Å². The van der Waals surface area contributed by atoms with Crippen LogP contribution in [0, 0.1) is 11.2 Å². The van der Waals surface area contributed by atoms with Gasteiger partial charge in [-0.3, -0.25) is 0 Å². The van der Waals surface area contributed by atoms with Crippen LogP contribution in [0.25, 0.3) is 0 Å². The monoisotopic (exact) mass is 281 g/mol. The fourth-order valence-corrected chi connectivity index (χ4v) is 2.43. The van der Waals surface area contributed by atoms with Gasteiger partial charge >= 0.3 is 0 Å². The highest BCUT2D eigenvalue weighted by molar-refractivity contribution is 5.23. The van der Waals surface area contributed by atoms with Crippen LogP contribution in [0.2, 0.25) is 0 Å². The minimum absolute atomic E-state index is 0.0658. The van der Waals surface area contributed by atoms with Crippen LogP contribution in [0.1, 0.15) is 52.6 Å². The predicted octanol–water partition coefficient (Wildman–Crippen LogP) is 4.32. The van der Waals surface area contributed by atoms with E-state index in [2.05, 4.69) is 33.0 Å². The summed E-state index contributed by atoms with van der Waals surface area (Å²) in [6, 6.07) is 6.84. The highest BCUT2D eigenvalue weighted by Gasteiger charge is 2.34. The molecule has 0 fully saturated rings. The summed E-state index contributed by atoms with van der Waals surface area (Å²) in [5.74, 6) is -0.171. The lowest BCUT2D eigenvalue weighted by molar-refractivity contribution is -0.0372. The van der Waals surface area contributed by atoms with E-state index < -0.39 is 0 Å². The fraction of sp³-hybridized carbons (Fsp3) is 0.647. The molecule has 20 heavy (non-hydrogen) atoms. The number of benzene rings is 1. The van der Waals surface area contributed by atoms with Crippen molar-refractivity contribution in [3.8, 4) is 0 Å². The first-order valence-corrected chi connectivity index (χ1v) is 7.51. The number of halogens is 1. The van der Waals surface area contributed by atoms with Crippen LogP contribution >= 0.6 is 0 Å². The molecule has 2 unspecified atom stereocenters. The number of nitrogens with one attached hydrogen (secondary N) is 1. The van der Waals surface area contributed by atoms with Gasteiger partial charge in [0, 0.05) is 12.2 Å². The van der Waals surface area contributed by atoms with Crippen LogP contribution in [-0.4, -0.2) is 19.3 Å². The molecule has 0 bridgehead atoms. The van der Waals surface area contributed by atoms with E-state index in [1.54, 1.807) is 6.07 Å². The molecule has 0 saturated heterocycles. The van der Waals surface area contributed by atoms with Gasteiger partial charge in [-0.05, 0) is 31.4 Å². The molecule has 1 aromatic rings. The van der Waals surface area contributed by atoms with Crippen molar-refractivity contribution in [2.45, 2.75) is 53.2 Å². The molecular formula is C17H28FNO. The zero-order valence-corrected chi connectivity index (χ0v) is 13.4. The maximum absolute atomic E-state index is 14.2. The summed E-state index contributed by atoms with van der Waals surface area (Å²) in [6.07, 6.45) is 0.935. The fourth-order valence-electron chi connectivity index (χ4n) is 2.43. The molecule has 0 radical (unpaired) electrons. The van der Waals surface area contributed by atoms with Gasteiger partial charge in [-0.1, -0.05) is 45.9 Å². The molecule has 3 heteroatoms. The van der Waals surface area contributed by atoms with E-state index in [-0.39, 0.29) is 23.4 Å². The van der Waals surface area contributed by atoms with Crippen molar-refractivity contribution < 1.29 is 9.13 Å². The summed E-state index contributed by atoms with van der Waals surface area (Å²) in [6.45, 7) is 12.0. The smallest absolute Gasteiger partial charge is 0.128 e. The normalized spacial score (nSPS) is 15.1. The molecule has 0 aliphatic heterocycles. The first kappa shape index (κ1) is 17.1. The minimum atomic E-state index is -0.171. The first-order valence-electron chi connectivity index (χ1n) is 7.51. The molecular weight excluding hydrogens is 253 g/mol. The van der Waals surface area contributed by atoms with Crippen molar-refractivity contribution in [3.05, 3.63) is 35.6 Å². The summed E-state index contributed by atoms with van der Waals surface area (Å²) < 4.78 is 20.1. The van der Waals surface area contributed by atoms with Crippen LogP contribution in [-0.2, 0) is 4.74 Å². The van der Waals surface area contributed by atoms with E-state index in [1.165, 1.54) is 6.07 Å². The molecule has 1 aromatic carbocycles. The molecule has 0 heterocycles. The summed E-state index contributed by atoms with van der Waals surface area (Å²) in [4.78, 5) is 0. The number of rotatable bonds is 7. The van der Waals surface area contributed by atoms with Gasteiger partial charge in [0.25, 0.3) is 0 Å². The lowest BCUT2D eigenvalue weighted by atomic mass is 9.81. The Morgan fingerprint density at radius 3 is 2.35 bits per heavy atom. The summed E-state index contributed by atoms with van der Waals surface area (Å²) in [5.41, 5.74) is 0.623. The van der Waals surface area contributed by atoms with Gasteiger partial charge in [0.2, 0.25) is 0 Å². The SMILES string of the molecule is CCCNC(c1ccccc1F)C(OCC)C(C)(C)C. The van der Waals surface area contributed by atoms with Crippen molar-refractivity contribution in [2.75, 3.05) is 13.2 Å². The van der Waals surface area contributed by atoms with E-state index in [0.29, 0.717) is 12.2 Å². The van der Waals surface area contributed by atoms with E-state index in [4.69, 9.17) is 4.74 Å². The van der Waals surface area contributed by atoms with E-state index >= 15 is 0 Å². The Morgan fingerprint density at radius 1 is 1.20 bits per heavy atom. The van der Waals surface area contributed by atoms with Crippen LogP contribution in [0.15, 0.2) is 24.3 Å². The average molecular weight is 281 g/mol. The van der Waals surface area contributed by atoms with Gasteiger partial charge in [0.15, 0.2) is 0 Å². The Hall–Kier alpha value is -0.930. The average Bonchev–Trinajstić information content (AvgIpc) is 2.38. The summed E-state index contributed by atoms with van der Waals surface area (Å²) >= 11 is 0. The first-order chi connectivity index (χ1) is 9.41. The van der Waals surface area contributed by atoms with Crippen LogP contribution in [0.3, 0.4) is 0 Å². The van der Waals surface area contributed by atoms with E-state index in [0.717, 1.165) is 13.0 Å². The van der Waals surface area contributed by atoms with Crippen molar-refractivity contribution >= 4 is 0 Å². The second-order valence-electron chi connectivity index (χ2n) is 6.20. The molecule has 2 atom stereocenters. The molecule has 0 spiro atoms. The third kappa shape index (κ3) is 4.57. The third-order valence-corrected chi connectivity index (χ3v) is 3.36. The van der Waals surface area contributed by atoms with Crippen molar-refractivity contribution in [3.63, 3.8) is 0 Å². The third-order valence-electron chi connectivity index (χ3n) is 3.36. The zero-order valence-electron chi connectivity index (χ0n) is 13.4. The zero-order chi connectivity index (χ0) is 15.2. The van der Waals surface area contributed by atoms with E-state index in [1.807, 2.05) is 19.1 Å². The largest absolute Gasteiger partial charge is 0.376 e. The number of hydrogen-bond donors (Lipinski definition) is 1. The van der Waals surface area contributed by atoms with Gasteiger partial charge in [0.05, 0.1) is 12.1 Å². The topological polar surface area (TPSA) is 21.3 Å². The summed E-state index contributed by atoms with van der Waals surface area (Å²) in [5, 5.41) is 3.45. The molecule has 2 nitrogen and oxygen atoms in total. The van der Waals surface area contributed by atoms with Crippen molar-refractivity contribution in [2.24, 2.45) is 5.41 Å². The molecule has 0 saturated carbocycles. The second kappa shape index (κ2) is 7.75. The van der Waals surface area contributed by atoms with Gasteiger partial charge in [0.1, 0.15) is 5.82 Å². The molecule has 0 aromatic heterocycles. The standard InChI is InChI=1S/C17H28FNO/c1-6-12-19-15(13-10-8-9-11-14(13)18)16(20-7-2)17(3,4)5/h8-11,15-16,19H,6-7,12H2,1-5H3. The van der Waals surface area contributed by atoms with Gasteiger partial charge < -0.3 is 10.1 Å². The molecule has 0 amide bonds. The van der Waals surface area contributed by atoms with Crippen molar-refractivity contribution in [1.29, 1.82) is 0 Å². The maximum Gasteiger partial charge on any atom is 0.128 e. The minimum Gasteiger partial charge on any atom is -0.376 e. The Bertz CT molecular complexity index is 400.